The summed E-state index contributed by atoms with van der Waals surface area (Å²) in [6.45, 7) is 1.87. The first-order chi connectivity index (χ1) is 12.5. The van der Waals surface area contributed by atoms with Crippen molar-refractivity contribution in [3.05, 3.63) is 44.6 Å². The molecule has 26 heavy (non-hydrogen) atoms. The monoisotopic (exact) mass is 393 g/mol. The number of hydrogen-bond acceptors (Lipinski definition) is 5. The third kappa shape index (κ3) is 4.37. The van der Waals surface area contributed by atoms with Crippen LogP contribution in [-0.4, -0.2) is 25.6 Å². The lowest BCUT2D eigenvalue weighted by Crippen LogP contribution is -2.20. The van der Waals surface area contributed by atoms with E-state index in [2.05, 4.69) is 12.2 Å². The number of thiophene rings is 1. The number of carbonyl (C=O) groups is 2. The molecule has 0 bridgehead atoms. The van der Waals surface area contributed by atoms with Crippen molar-refractivity contribution in [2.24, 2.45) is 5.92 Å². The number of nitrogens with one attached hydrogen (secondary N) is 1. The van der Waals surface area contributed by atoms with Crippen LogP contribution in [0.1, 0.15) is 33.5 Å². The van der Waals surface area contributed by atoms with E-state index < -0.39 is 11.9 Å². The summed E-state index contributed by atoms with van der Waals surface area (Å²) in [6, 6.07) is 6.80. The number of hydrogen-bond donors (Lipinski definition) is 1. The third-order valence-corrected chi connectivity index (χ3v) is 5.81. The minimum atomic E-state index is -0.458. The Morgan fingerprint density at radius 1 is 1.35 bits per heavy atom. The molecule has 0 saturated carbocycles. The zero-order valence-corrected chi connectivity index (χ0v) is 16.2. The third-order valence-electron chi connectivity index (χ3n) is 4.30. The summed E-state index contributed by atoms with van der Waals surface area (Å²) >= 11 is 7.49. The number of benzene rings is 1. The number of amides is 1. The maximum atomic E-state index is 12.2. The molecule has 7 heteroatoms. The summed E-state index contributed by atoms with van der Waals surface area (Å²) in [5.74, 6) is 0.282. The molecule has 1 aliphatic carbocycles. The van der Waals surface area contributed by atoms with Gasteiger partial charge in [0.15, 0.2) is 6.61 Å². The first-order valence-electron chi connectivity index (χ1n) is 8.38. The summed E-state index contributed by atoms with van der Waals surface area (Å²) in [5.41, 5.74) is 1.75. The van der Waals surface area contributed by atoms with Gasteiger partial charge in [-0.3, -0.25) is 4.79 Å². The summed E-state index contributed by atoms with van der Waals surface area (Å²) in [4.78, 5) is 26.0. The number of carbonyl (C=O) groups excluding carboxylic acids is 2. The highest BCUT2D eigenvalue weighted by molar-refractivity contribution is 7.14. The lowest BCUT2D eigenvalue weighted by molar-refractivity contribution is -0.119. The average Bonchev–Trinajstić information content (AvgIpc) is 3.03. The summed E-state index contributed by atoms with van der Waals surface area (Å²) < 4.78 is 10.2. The molecule has 5 nitrogen and oxygen atoms in total. The Balaban J connectivity index is 1.54. The van der Waals surface area contributed by atoms with Crippen molar-refractivity contribution in [3.8, 4) is 5.75 Å². The number of aryl methyl sites for hydroxylation is 1. The highest BCUT2D eigenvalue weighted by Crippen LogP contribution is 2.32. The van der Waals surface area contributed by atoms with Crippen LogP contribution in [0.2, 0.25) is 5.02 Å². The first-order valence-corrected chi connectivity index (χ1v) is 9.58. The van der Waals surface area contributed by atoms with E-state index in [9.17, 15) is 9.59 Å². The van der Waals surface area contributed by atoms with E-state index in [1.54, 1.807) is 18.2 Å². The molecule has 0 aliphatic heterocycles. The molecule has 1 N–H and O–H groups in total. The molecule has 1 aliphatic rings. The van der Waals surface area contributed by atoms with Crippen molar-refractivity contribution < 1.29 is 19.1 Å². The molecule has 138 valence electrons. The molecule has 1 unspecified atom stereocenters. The van der Waals surface area contributed by atoms with Gasteiger partial charge in [-0.15, -0.1) is 11.3 Å². The standard InChI is InChI=1S/C19H20ClNO4S/c1-11-3-6-16-12(7-11)8-17(26-16)19(23)25-10-18(22)21-13-4-5-15(24-2)14(20)9-13/h4-5,8-9,11H,3,6-7,10H2,1-2H3,(H,21,22). The number of halogens is 1. The van der Waals surface area contributed by atoms with Crippen LogP contribution in [0.4, 0.5) is 5.69 Å². The minimum absolute atomic E-state index is 0.346. The molecular weight excluding hydrogens is 374 g/mol. The van der Waals surface area contributed by atoms with Gasteiger partial charge in [-0.1, -0.05) is 18.5 Å². The number of rotatable bonds is 5. The van der Waals surface area contributed by atoms with Crippen LogP contribution < -0.4 is 10.1 Å². The molecule has 2 aromatic rings. The molecule has 0 saturated heterocycles. The van der Waals surface area contributed by atoms with Crippen molar-refractivity contribution in [2.75, 3.05) is 19.0 Å². The first kappa shape index (κ1) is 18.7. The van der Waals surface area contributed by atoms with Gasteiger partial charge >= 0.3 is 5.97 Å². The zero-order valence-electron chi connectivity index (χ0n) is 14.6. The van der Waals surface area contributed by atoms with Crippen LogP contribution in [0.5, 0.6) is 5.75 Å². The van der Waals surface area contributed by atoms with Gasteiger partial charge in [-0.05, 0) is 55.0 Å². The van der Waals surface area contributed by atoms with E-state index in [4.69, 9.17) is 21.1 Å². The van der Waals surface area contributed by atoms with E-state index >= 15 is 0 Å². The normalized spacial score (nSPS) is 15.9. The van der Waals surface area contributed by atoms with Crippen molar-refractivity contribution in [3.63, 3.8) is 0 Å². The SMILES string of the molecule is COc1ccc(NC(=O)COC(=O)c2cc3c(s2)CCC(C)C3)cc1Cl. The van der Waals surface area contributed by atoms with Gasteiger partial charge in [0.05, 0.1) is 12.1 Å². The Bertz CT molecular complexity index is 833. The molecule has 0 radical (unpaired) electrons. The molecule has 1 atom stereocenters. The van der Waals surface area contributed by atoms with Gasteiger partial charge in [0.25, 0.3) is 5.91 Å². The van der Waals surface area contributed by atoms with Crippen LogP contribution in [0, 0.1) is 5.92 Å². The molecule has 3 rings (SSSR count). The van der Waals surface area contributed by atoms with E-state index in [1.165, 1.54) is 28.9 Å². The van der Waals surface area contributed by atoms with Gasteiger partial charge in [-0.2, -0.15) is 0 Å². The second kappa shape index (κ2) is 8.10. The van der Waals surface area contributed by atoms with Gasteiger partial charge in [0.1, 0.15) is 10.6 Å². The second-order valence-corrected chi connectivity index (χ2v) is 7.92. The van der Waals surface area contributed by atoms with Gasteiger partial charge in [0, 0.05) is 10.6 Å². The quantitative estimate of drug-likeness (QED) is 0.768. The Morgan fingerprint density at radius 3 is 2.88 bits per heavy atom. The fourth-order valence-electron chi connectivity index (χ4n) is 2.95. The zero-order chi connectivity index (χ0) is 18.7. The van der Waals surface area contributed by atoms with Gasteiger partial charge in [-0.25, -0.2) is 4.79 Å². The lowest BCUT2D eigenvalue weighted by atomic mass is 9.90. The van der Waals surface area contributed by atoms with Crippen LogP contribution >= 0.6 is 22.9 Å². The highest BCUT2D eigenvalue weighted by Gasteiger charge is 2.21. The maximum Gasteiger partial charge on any atom is 0.348 e. The number of esters is 1. The van der Waals surface area contributed by atoms with E-state index in [-0.39, 0.29) is 6.61 Å². The largest absolute Gasteiger partial charge is 0.495 e. The lowest BCUT2D eigenvalue weighted by Gasteiger charge is -2.16. The summed E-state index contributed by atoms with van der Waals surface area (Å²) in [6.07, 6.45) is 3.15. The van der Waals surface area contributed by atoms with E-state index in [0.29, 0.717) is 27.3 Å². The Labute approximate surface area is 161 Å². The predicted molar refractivity (Wildman–Crippen MR) is 102 cm³/mol. The fraction of sp³-hybridized carbons (Fsp3) is 0.368. The second-order valence-electron chi connectivity index (χ2n) is 6.38. The van der Waals surface area contributed by atoms with E-state index in [0.717, 1.165) is 19.3 Å². The van der Waals surface area contributed by atoms with Gasteiger partial charge in [0.2, 0.25) is 0 Å². The van der Waals surface area contributed by atoms with Gasteiger partial charge < -0.3 is 14.8 Å². The Kier molecular flexibility index (Phi) is 5.84. The molecule has 1 aromatic heterocycles. The fourth-order valence-corrected chi connectivity index (χ4v) is 4.31. The Hall–Kier alpha value is -2.05. The average molecular weight is 394 g/mol. The molecule has 1 aromatic carbocycles. The Morgan fingerprint density at radius 2 is 2.15 bits per heavy atom. The number of fused-ring (bicyclic) bond motifs is 1. The number of anilines is 1. The number of ether oxygens (including phenoxy) is 2. The van der Waals surface area contributed by atoms with Crippen molar-refractivity contribution in [1.29, 1.82) is 0 Å². The molecular formula is C19H20ClNO4S. The van der Waals surface area contributed by atoms with Crippen LogP contribution in [0.15, 0.2) is 24.3 Å². The smallest absolute Gasteiger partial charge is 0.348 e. The van der Waals surface area contributed by atoms with Crippen LogP contribution in [0.25, 0.3) is 0 Å². The highest BCUT2D eigenvalue weighted by atomic mass is 35.5. The topological polar surface area (TPSA) is 64.6 Å². The van der Waals surface area contributed by atoms with Crippen molar-refractivity contribution in [1.82, 2.24) is 0 Å². The number of methoxy groups -OCH3 is 1. The molecule has 1 amide bonds. The van der Waals surface area contributed by atoms with Crippen molar-refractivity contribution in [2.45, 2.75) is 26.2 Å². The molecule has 1 heterocycles. The summed E-state index contributed by atoms with van der Waals surface area (Å²) in [5, 5.41) is 3.03. The maximum absolute atomic E-state index is 12.2. The predicted octanol–water partition coefficient (Wildman–Crippen LogP) is 4.33. The summed E-state index contributed by atoms with van der Waals surface area (Å²) in [7, 11) is 1.52. The van der Waals surface area contributed by atoms with Crippen LogP contribution in [-0.2, 0) is 22.4 Å². The van der Waals surface area contributed by atoms with E-state index in [1.807, 2.05) is 6.07 Å². The molecule has 0 fully saturated rings. The van der Waals surface area contributed by atoms with Crippen LogP contribution in [0.3, 0.4) is 0 Å². The minimum Gasteiger partial charge on any atom is -0.495 e. The molecule has 0 spiro atoms. The van der Waals surface area contributed by atoms with Crippen molar-refractivity contribution >= 4 is 40.5 Å².